The minimum Gasteiger partial charge on any atom is -0.444 e. The molecule has 13 heteroatoms. The number of alkyl halides is 3. The minimum absolute atomic E-state index is 0.0255. The Bertz CT molecular complexity index is 1580. The first-order valence-corrected chi connectivity index (χ1v) is 13.7. The van der Waals surface area contributed by atoms with Crippen LogP contribution in [0.4, 0.5) is 22.4 Å². The van der Waals surface area contributed by atoms with E-state index in [2.05, 4.69) is 11.2 Å². The van der Waals surface area contributed by atoms with Crippen molar-refractivity contribution in [2.75, 3.05) is 20.1 Å². The van der Waals surface area contributed by atoms with Gasteiger partial charge in [-0.1, -0.05) is 18.2 Å². The van der Waals surface area contributed by atoms with Gasteiger partial charge in [0, 0.05) is 61.4 Å². The summed E-state index contributed by atoms with van der Waals surface area (Å²) in [7, 11) is 2.85. The van der Waals surface area contributed by atoms with Gasteiger partial charge in [0.1, 0.15) is 22.4 Å². The highest BCUT2D eigenvalue weighted by atomic mass is 32.1. The smallest absolute Gasteiger partial charge is 0.435 e. The van der Waals surface area contributed by atoms with Gasteiger partial charge in [0.05, 0.1) is 6.54 Å². The zero-order valence-corrected chi connectivity index (χ0v) is 24.4. The van der Waals surface area contributed by atoms with Crippen LogP contribution in [0.3, 0.4) is 0 Å². The van der Waals surface area contributed by atoms with Gasteiger partial charge in [0.25, 0.3) is 0 Å². The summed E-state index contributed by atoms with van der Waals surface area (Å²) >= 11 is 1.17. The molecule has 2 amide bonds. The van der Waals surface area contributed by atoms with Crippen LogP contribution in [-0.4, -0.2) is 57.3 Å². The van der Waals surface area contributed by atoms with Crippen molar-refractivity contribution in [1.82, 2.24) is 19.6 Å². The van der Waals surface area contributed by atoms with Gasteiger partial charge in [0.15, 0.2) is 5.69 Å². The molecule has 0 saturated heterocycles. The number of hydrogen-bond donors (Lipinski definition) is 0. The number of likely N-dealkylation sites (N-methyl/N-ethyl adjacent to an activating group) is 1. The third-order valence-corrected chi connectivity index (χ3v) is 7.55. The van der Waals surface area contributed by atoms with Crippen LogP contribution < -0.4 is 0 Å². The Hall–Kier alpha value is -4.18. The quantitative estimate of drug-likeness (QED) is 0.261. The standard InChI is InChI=1S/C29H29F4N5O3S/c1-28(2,3)41-27(40)36(4)11-7-10-24(39)38-15-20(19-12-17(13-34)42-23(19)16-38)18-8-6-9-22(30)25(18)21-14-37(5)35-26(21)29(31,32)33/h6-10,12,14,20H,11,15-16H2,1-5H3/b10-7+/t20-/m0/s1. The van der Waals surface area contributed by atoms with Crippen molar-refractivity contribution < 1.29 is 31.9 Å². The summed E-state index contributed by atoms with van der Waals surface area (Å²) in [5, 5.41) is 13.1. The van der Waals surface area contributed by atoms with Gasteiger partial charge in [-0.15, -0.1) is 11.3 Å². The molecule has 0 saturated carbocycles. The molecular weight excluding hydrogens is 574 g/mol. The predicted molar refractivity (Wildman–Crippen MR) is 148 cm³/mol. The van der Waals surface area contributed by atoms with Crippen LogP contribution in [-0.2, 0) is 29.3 Å². The van der Waals surface area contributed by atoms with Gasteiger partial charge < -0.3 is 14.5 Å². The maximum Gasteiger partial charge on any atom is 0.435 e. The molecule has 0 spiro atoms. The number of aryl methyl sites for hydroxylation is 1. The van der Waals surface area contributed by atoms with Crippen molar-refractivity contribution in [2.45, 2.75) is 45.0 Å². The van der Waals surface area contributed by atoms with Crippen LogP contribution in [0.2, 0.25) is 0 Å². The van der Waals surface area contributed by atoms with Crippen LogP contribution in [0.15, 0.2) is 42.6 Å². The molecule has 0 N–H and O–H groups in total. The second kappa shape index (κ2) is 11.6. The largest absolute Gasteiger partial charge is 0.444 e. The van der Waals surface area contributed by atoms with E-state index in [0.29, 0.717) is 15.3 Å². The molecule has 222 valence electrons. The highest BCUT2D eigenvalue weighted by Gasteiger charge is 2.40. The van der Waals surface area contributed by atoms with E-state index in [0.717, 1.165) is 16.9 Å². The lowest BCUT2D eigenvalue weighted by Gasteiger charge is -2.33. The molecule has 0 radical (unpaired) electrons. The number of rotatable bonds is 5. The number of carbonyl (C=O) groups is 2. The highest BCUT2D eigenvalue weighted by molar-refractivity contribution is 7.12. The Morgan fingerprint density at radius 2 is 1.98 bits per heavy atom. The van der Waals surface area contributed by atoms with Crippen LogP contribution in [0.5, 0.6) is 0 Å². The van der Waals surface area contributed by atoms with E-state index in [1.807, 2.05) is 0 Å². The molecule has 0 bridgehead atoms. The van der Waals surface area contributed by atoms with Crippen molar-refractivity contribution in [1.29, 1.82) is 5.26 Å². The number of benzene rings is 1. The maximum atomic E-state index is 15.4. The molecule has 1 aliphatic rings. The van der Waals surface area contributed by atoms with E-state index in [1.165, 1.54) is 59.5 Å². The van der Waals surface area contributed by atoms with E-state index in [1.54, 1.807) is 26.8 Å². The summed E-state index contributed by atoms with van der Waals surface area (Å²) in [5.74, 6) is -2.00. The fourth-order valence-electron chi connectivity index (χ4n) is 4.73. The molecule has 0 fully saturated rings. The summed E-state index contributed by atoms with van der Waals surface area (Å²) < 4.78 is 63.3. The first-order valence-electron chi connectivity index (χ1n) is 12.9. The van der Waals surface area contributed by atoms with Crippen molar-refractivity contribution in [2.24, 2.45) is 7.05 Å². The zero-order chi connectivity index (χ0) is 31.0. The van der Waals surface area contributed by atoms with Crippen molar-refractivity contribution >= 4 is 23.3 Å². The Kier molecular flexibility index (Phi) is 8.50. The fraction of sp³-hybridized carbons (Fsp3) is 0.379. The zero-order valence-electron chi connectivity index (χ0n) is 23.6. The summed E-state index contributed by atoms with van der Waals surface area (Å²) in [4.78, 5) is 29.3. The maximum absolute atomic E-state index is 15.4. The molecule has 1 aliphatic heterocycles. The SMILES string of the molecule is CN(C/C=C/C(=O)N1Cc2sc(C#N)cc2[C@H](c2cccc(F)c2-c2cn(C)nc2C(F)(F)F)C1)C(=O)OC(C)(C)C. The monoisotopic (exact) mass is 603 g/mol. The van der Waals surface area contributed by atoms with Gasteiger partial charge in [-0.3, -0.25) is 9.48 Å². The van der Waals surface area contributed by atoms with Crippen molar-refractivity contribution in [3.63, 3.8) is 0 Å². The number of thiophene rings is 1. The fourth-order valence-corrected chi connectivity index (χ4v) is 5.77. The molecule has 42 heavy (non-hydrogen) atoms. The molecule has 1 aromatic carbocycles. The number of carbonyl (C=O) groups excluding carboxylic acids is 2. The summed E-state index contributed by atoms with van der Waals surface area (Å²) in [6.07, 6.45) is -1.46. The summed E-state index contributed by atoms with van der Waals surface area (Å²) in [5.41, 5.74) is -1.69. The number of aromatic nitrogens is 2. The van der Waals surface area contributed by atoms with E-state index < -0.39 is 46.8 Å². The highest BCUT2D eigenvalue weighted by Crippen LogP contribution is 2.45. The van der Waals surface area contributed by atoms with E-state index >= 15 is 4.39 Å². The number of ether oxygens (including phenoxy) is 1. The second-order valence-corrected chi connectivity index (χ2v) is 12.0. The predicted octanol–water partition coefficient (Wildman–Crippen LogP) is 6.08. The molecule has 8 nitrogen and oxygen atoms in total. The number of fused-ring (bicyclic) bond motifs is 1. The Morgan fingerprint density at radius 1 is 1.26 bits per heavy atom. The van der Waals surface area contributed by atoms with Gasteiger partial charge in [-0.25, -0.2) is 9.18 Å². The summed E-state index contributed by atoms with van der Waals surface area (Å²) in [6.45, 7) is 5.50. The molecule has 3 heterocycles. The van der Waals surface area contributed by atoms with Crippen LogP contribution in [0.1, 0.15) is 53.3 Å². The average molecular weight is 604 g/mol. The number of amides is 2. The second-order valence-electron chi connectivity index (χ2n) is 10.9. The first-order chi connectivity index (χ1) is 19.6. The van der Waals surface area contributed by atoms with Gasteiger partial charge in [-0.05, 0) is 44.0 Å². The summed E-state index contributed by atoms with van der Waals surface area (Å²) in [6, 6.07) is 7.74. The van der Waals surface area contributed by atoms with Crippen LogP contribution in [0, 0.1) is 17.1 Å². The van der Waals surface area contributed by atoms with Crippen LogP contribution >= 0.6 is 11.3 Å². The first kappa shape index (κ1) is 30.8. The molecule has 0 aliphatic carbocycles. The van der Waals surface area contributed by atoms with Crippen LogP contribution in [0.25, 0.3) is 11.1 Å². The third kappa shape index (κ3) is 6.65. The van der Waals surface area contributed by atoms with Gasteiger partial charge in [-0.2, -0.15) is 23.5 Å². The Labute approximate surface area is 244 Å². The topological polar surface area (TPSA) is 91.5 Å². The third-order valence-electron chi connectivity index (χ3n) is 6.51. The number of nitriles is 1. The average Bonchev–Trinajstić information content (AvgIpc) is 3.49. The lowest BCUT2D eigenvalue weighted by atomic mass is 9.83. The minimum atomic E-state index is -4.83. The van der Waals surface area contributed by atoms with E-state index in [9.17, 15) is 28.0 Å². The lowest BCUT2D eigenvalue weighted by molar-refractivity contribution is -0.141. The molecule has 3 aromatic rings. The molecular formula is C29H29F4N5O3S. The van der Waals surface area contributed by atoms with Gasteiger partial charge >= 0.3 is 12.3 Å². The van der Waals surface area contributed by atoms with Crippen molar-refractivity contribution in [3.05, 3.63) is 75.0 Å². The van der Waals surface area contributed by atoms with Crippen molar-refractivity contribution in [3.8, 4) is 17.2 Å². The van der Waals surface area contributed by atoms with Gasteiger partial charge in [0.2, 0.25) is 5.91 Å². The molecule has 4 rings (SSSR count). The number of nitrogens with zero attached hydrogens (tertiary/aromatic N) is 5. The molecule has 2 aromatic heterocycles. The Balaban J connectivity index is 1.69. The number of halogens is 4. The normalized spacial score (nSPS) is 15.4. The molecule has 0 unspecified atom stereocenters. The molecule has 1 atom stereocenters. The lowest BCUT2D eigenvalue weighted by Crippen LogP contribution is -2.37. The number of hydrogen-bond acceptors (Lipinski definition) is 6. The van der Waals surface area contributed by atoms with E-state index in [-0.39, 0.29) is 30.8 Å². The Morgan fingerprint density at radius 3 is 2.62 bits per heavy atom. The van der Waals surface area contributed by atoms with E-state index in [4.69, 9.17) is 4.74 Å².